The van der Waals surface area contributed by atoms with Crippen molar-refractivity contribution in [3.8, 4) is 0 Å². The van der Waals surface area contributed by atoms with Crippen molar-refractivity contribution in [2.24, 2.45) is 12.8 Å². The van der Waals surface area contributed by atoms with Gasteiger partial charge in [0, 0.05) is 13.1 Å². The number of primary amides is 1. The Balaban J connectivity index is 2.94. The first-order valence-corrected chi connectivity index (χ1v) is 4.00. The van der Waals surface area contributed by atoms with E-state index in [0.717, 1.165) is 0 Å². The van der Waals surface area contributed by atoms with E-state index < -0.39 is 5.91 Å². The van der Waals surface area contributed by atoms with Gasteiger partial charge in [-0.1, -0.05) is 0 Å². The highest BCUT2D eigenvalue weighted by Gasteiger charge is 2.03. The Morgan fingerprint density at radius 1 is 1.57 bits per heavy atom. The van der Waals surface area contributed by atoms with Gasteiger partial charge in [0.15, 0.2) is 0 Å². The van der Waals surface area contributed by atoms with Crippen molar-refractivity contribution in [2.45, 2.75) is 0 Å². The number of nitrogens with two attached hydrogens (primary N) is 2. The van der Waals surface area contributed by atoms with Crippen molar-refractivity contribution >= 4 is 17.4 Å². The molecule has 1 amide bonds. The van der Waals surface area contributed by atoms with Crippen LogP contribution in [0.5, 0.6) is 0 Å². The summed E-state index contributed by atoms with van der Waals surface area (Å²) in [4.78, 5) is 21.6. The van der Waals surface area contributed by atoms with Gasteiger partial charge in [-0.25, -0.2) is 0 Å². The van der Waals surface area contributed by atoms with E-state index in [-0.39, 0.29) is 17.9 Å². The fourth-order valence-electron chi connectivity index (χ4n) is 0.983. The van der Waals surface area contributed by atoms with Gasteiger partial charge >= 0.3 is 0 Å². The second kappa shape index (κ2) is 3.82. The maximum absolute atomic E-state index is 11.1. The minimum Gasteiger partial charge on any atom is -0.383 e. The summed E-state index contributed by atoms with van der Waals surface area (Å²) in [6.45, 7) is -0.0115. The molecule has 14 heavy (non-hydrogen) atoms. The van der Waals surface area contributed by atoms with E-state index in [9.17, 15) is 9.59 Å². The molecule has 6 nitrogen and oxygen atoms in total. The molecule has 1 rings (SSSR count). The average Bonchev–Trinajstić information content (AvgIpc) is 2.13. The predicted molar refractivity (Wildman–Crippen MR) is 53.8 cm³/mol. The number of aromatic nitrogens is 1. The van der Waals surface area contributed by atoms with Crippen LogP contribution in [-0.2, 0) is 11.8 Å². The molecule has 0 bridgehead atoms. The van der Waals surface area contributed by atoms with Gasteiger partial charge in [0.1, 0.15) is 5.82 Å². The average molecular weight is 196 g/mol. The highest BCUT2D eigenvalue weighted by atomic mass is 16.1. The van der Waals surface area contributed by atoms with Crippen LogP contribution in [0.3, 0.4) is 0 Å². The Hall–Kier alpha value is -1.98. The van der Waals surface area contributed by atoms with E-state index in [1.54, 1.807) is 7.05 Å². The number of anilines is 2. The lowest BCUT2D eigenvalue weighted by Crippen LogP contribution is -2.25. The number of rotatable bonds is 3. The van der Waals surface area contributed by atoms with Gasteiger partial charge in [-0.15, -0.1) is 0 Å². The second-order valence-electron chi connectivity index (χ2n) is 2.85. The van der Waals surface area contributed by atoms with Crippen LogP contribution in [-0.4, -0.2) is 17.0 Å². The Labute approximate surface area is 80.5 Å². The normalized spacial score (nSPS) is 9.79. The van der Waals surface area contributed by atoms with E-state index in [4.69, 9.17) is 11.5 Å². The maximum atomic E-state index is 11.1. The summed E-state index contributed by atoms with van der Waals surface area (Å²) in [7, 11) is 1.55. The summed E-state index contributed by atoms with van der Waals surface area (Å²) in [5.74, 6) is -0.211. The zero-order valence-corrected chi connectivity index (χ0v) is 7.78. The first-order valence-electron chi connectivity index (χ1n) is 4.00. The zero-order valence-electron chi connectivity index (χ0n) is 7.78. The fourth-order valence-corrected chi connectivity index (χ4v) is 0.983. The third-order valence-corrected chi connectivity index (χ3v) is 1.81. The smallest absolute Gasteiger partial charge is 0.251 e. The fraction of sp³-hybridized carbons (Fsp3) is 0.250. The molecule has 0 atom stereocenters. The second-order valence-corrected chi connectivity index (χ2v) is 2.85. The van der Waals surface area contributed by atoms with Crippen molar-refractivity contribution in [1.29, 1.82) is 0 Å². The molecule has 6 heteroatoms. The topological polar surface area (TPSA) is 103 Å². The number of nitrogen functional groups attached to an aromatic ring is 1. The number of carbonyl (C=O) groups excluding carboxylic acids is 1. The maximum Gasteiger partial charge on any atom is 0.251 e. The summed E-state index contributed by atoms with van der Waals surface area (Å²) >= 11 is 0. The molecule has 1 aromatic heterocycles. The lowest BCUT2D eigenvalue weighted by molar-refractivity contribution is -0.116. The third-order valence-electron chi connectivity index (χ3n) is 1.81. The largest absolute Gasteiger partial charge is 0.383 e. The lowest BCUT2D eigenvalue weighted by Gasteiger charge is -2.10. The number of nitrogens with zero attached hydrogens (tertiary/aromatic N) is 1. The minimum absolute atomic E-state index is 0.0115. The molecule has 0 saturated heterocycles. The number of nitrogens with one attached hydrogen (secondary N) is 1. The van der Waals surface area contributed by atoms with E-state index in [0.29, 0.717) is 5.69 Å². The van der Waals surface area contributed by atoms with E-state index in [2.05, 4.69) is 5.32 Å². The Morgan fingerprint density at radius 2 is 2.21 bits per heavy atom. The Morgan fingerprint density at radius 3 is 2.79 bits per heavy atom. The molecular weight excluding hydrogens is 184 g/mol. The first kappa shape index (κ1) is 10.1. The number of hydrogen-bond acceptors (Lipinski definition) is 4. The quantitative estimate of drug-likeness (QED) is 0.568. The van der Waals surface area contributed by atoms with Crippen LogP contribution in [0.1, 0.15) is 0 Å². The van der Waals surface area contributed by atoms with E-state index >= 15 is 0 Å². The van der Waals surface area contributed by atoms with Crippen molar-refractivity contribution < 1.29 is 4.79 Å². The van der Waals surface area contributed by atoms with Crippen LogP contribution in [0.15, 0.2) is 16.9 Å². The number of amides is 1. The molecule has 1 aromatic rings. The van der Waals surface area contributed by atoms with Crippen LogP contribution in [0.2, 0.25) is 0 Å². The molecule has 0 aromatic carbocycles. The number of carbonyl (C=O) groups is 1. The summed E-state index contributed by atoms with van der Waals surface area (Å²) in [6.07, 6.45) is 0. The molecule has 0 spiro atoms. The van der Waals surface area contributed by atoms with Crippen molar-refractivity contribution in [3.63, 3.8) is 0 Å². The minimum atomic E-state index is -0.488. The molecule has 1 heterocycles. The van der Waals surface area contributed by atoms with Crippen LogP contribution < -0.4 is 22.3 Å². The van der Waals surface area contributed by atoms with Crippen molar-refractivity contribution in [2.75, 3.05) is 17.6 Å². The van der Waals surface area contributed by atoms with Crippen molar-refractivity contribution in [1.82, 2.24) is 4.57 Å². The molecule has 5 N–H and O–H groups in total. The Bertz CT molecular complexity index is 410. The molecule has 0 aliphatic rings. The Kier molecular flexibility index (Phi) is 2.76. The van der Waals surface area contributed by atoms with Gasteiger partial charge < -0.3 is 16.8 Å². The van der Waals surface area contributed by atoms with Crippen LogP contribution in [0.25, 0.3) is 0 Å². The van der Waals surface area contributed by atoms with Crippen LogP contribution in [0.4, 0.5) is 11.5 Å². The lowest BCUT2D eigenvalue weighted by atomic mass is 10.3. The molecular formula is C8H12N4O2. The zero-order chi connectivity index (χ0) is 10.7. The van der Waals surface area contributed by atoms with E-state index in [1.165, 1.54) is 16.7 Å². The third kappa shape index (κ3) is 2.03. The first-order chi connectivity index (χ1) is 6.52. The molecule has 0 radical (unpaired) electrons. The van der Waals surface area contributed by atoms with Gasteiger partial charge in [0.25, 0.3) is 5.56 Å². The number of pyridine rings is 1. The molecule has 0 fully saturated rings. The van der Waals surface area contributed by atoms with Crippen LogP contribution >= 0.6 is 0 Å². The summed E-state index contributed by atoms with van der Waals surface area (Å²) in [5.41, 5.74) is 10.9. The summed E-state index contributed by atoms with van der Waals surface area (Å²) in [5, 5.41) is 2.72. The van der Waals surface area contributed by atoms with Gasteiger partial charge in [-0.3, -0.25) is 14.2 Å². The monoisotopic (exact) mass is 196 g/mol. The summed E-state index contributed by atoms with van der Waals surface area (Å²) < 4.78 is 1.28. The van der Waals surface area contributed by atoms with Crippen LogP contribution in [0, 0.1) is 0 Å². The molecule has 0 saturated carbocycles. The van der Waals surface area contributed by atoms with E-state index in [1.807, 2.05) is 0 Å². The highest BCUT2D eigenvalue weighted by molar-refractivity contribution is 5.80. The molecule has 0 aliphatic heterocycles. The van der Waals surface area contributed by atoms with Gasteiger partial charge in [0.2, 0.25) is 5.91 Å². The summed E-state index contributed by atoms with van der Waals surface area (Å²) in [6, 6.07) is 2.88. The molecule has 0 unspecified atom stereocenters. The van der Waals surface area contributed by atoms with Gasteiger partial charge in [-0.2, -0.15) is 0 Å². The number of hydrogen-bond donors (Lipinski definition) is 3. The molecule has 76 valence electrons. The molecule has 0 aliphatic carbocycles. The van der Waals surface area contributed by atoms with Gasteiger partial charge in [-0.05, 0) is 6.07 Å². The predicted octanol–water partition coefficient (Wildman–Crippen LogP) is -1.14. The van der Waals surface area contributed by atoms with Gasteiger partial charge in [0.05, 0.1) is 12.2 Å². The standard InChI is InChI=1S/C8H12N4O2/c1-12-7(14)3-2-5(8(12)10)11-4-6(9)13/h2-3,11H,4,10H2,1H3,(H2,9,13). The van der Waals surface area contributed by atoms with Crippen molar-refractivity contribution in [3.05, 3.63) is 22.5 Å². The SMILES string of the molecule is Cn1c(N)c(NCC(N)=O)ccc1=O. The highest BCUT2D eigenvalue weighted by Crippen LogP contribution is 2.13.